The van der Waals surface area contributed by atoms with Crippen LogP contribution in [0, 0.1) is 0 Å². The highest BCUT2D eigenvalue weighted by atomic mass is 32.2. The molecule has 0 saturated heterocycles. The second kappa shape index (κ2) is 6.84. The van der Waals surface area contributed by atoms with Gasteiger partial charge in [-0.05, 0) is 24.3 Å². The summed E-state index contributed by atoms with van der Waals surface area (Å²) in [5.41, 5.74) is 13.9. The summed E-state index contributed by atoms with van der Waals surface area (Å²) in [6, 6.07) is 10.6. The van der Waals surface area contributed by atoms with Crippen molar-refractivity contribution in [2.45, 2.75) is 0 Å². The smallest absolute Gasteiger partial charge is 0.241 e. The van der Waals surface area contributed by atoms with E-state index in [1.54, 1.807) is 36.5 Å². The Balaban J connectivity index is 1.87. The molecule has 2 aromatic heterocycles. The van der Waals surface area contributed by atoms with Crippen LogP contribution in [0.1, 0.15) is 0 Å². The van der Waals surface area contributed by atoms with Gasteiger partial charge in [-0.2, -0.15) is 13.9 Å². The van der Waals surface area contributed by atoms with Gasteiger partial charge in [0.1, 0.15) is 11.4 Å². The molecule has 0 saturated carbocycles. The molecule has 0 fully saturated rings. The van der Waals surface area contributed by atoms with E-state index in [0.717, 1.165) is 10.6 Å². The van der Waals surface area contributed by atoms with Gasteiger partial charge in [0.2, 0.25) is 11.9 Å². The maximum absolute atomic E-state index is 10.6. The van der Waals surface area contributed by atoms with Crippen molar-refractivity contribution >= 4 is 28.9 Å². The molecule has 10 nitrogen and oxygen atoms in total. The lowest BCUT2D eigenvalue weighted by atomic mass is 10.1. The maximum Gasteiger partial charge on any atom is 0.241 e. The lowest BCUT2D eigenvalue weighted by molar-refractivity contribution is 0.289. The number of benzene rings is 1. The Bertz CT molecular complexity index is 913. The van der Waals surface area contributed by atoms with Crippen molar-refractivity contribution in [3.8, 4) is 16.9 Å². The molecule has 130 valence electrons. The first-order valence-corrected chi connectivity index (χ1v) is 8.00. The van der Waals surface area contributed by atoms with E-state index in [-0.39, 0.29) is 11.9 Å². The molecule has 0 aliphatic carbocycles. The van der Waals surface area contributed by atoms with Gasteiger partial charge >= 0.3 is 0 Å². The van der Waals surface area contributed by atoms with Crippen LogP contribution in [0.2, 0.25) is 0 Å². The topological polar surface area (TPSA) is 148 Å². The van der Waals surface area contributed by atoms with E-state index < -0.39 is 11.4 Å². The van der Waals surface area contributed by atoms with Gasteiger partial charge in [-0.15, -0.1) is 5.10 Å². The number of nitrogens with zero attached hydrogens (tertiary/aromatic N) is 5. The number of anilines is 3. The van der Waals surface area contributed by atoms with Gasteiger partial charge in [-0.3, -0.25) is 4.98 Å². The monoisotopic (exact) mass is 360 g/mol. The molecule has 1 atom stereocenters. The first-order valence-electron chi connectivity index (χ1n) is 7.00. The molecule has 4 N–H and O–H groups in total. The molecule has 0 aliphatic rings. The molecule has 25 heavy (non-hydrogen) atoms. The fourth-order valence-corrected chi connectivity index (χ4v) is 2.48. The van der Waals surface area contributed by atoms with Gasteiger partial charge in [0.15, 0.2) is 0 Å². The van der Waals surface area contributed by atoms with Gasteiger partial charge in [0, 0.05) is 12.6 Å². The third-order valence-corrected chi connectivity index (χ3v) is 3.66. The van der Waals surface area contributed by atoms with Crippen LogP contribution in [-0.2, 0) is 15.6 Å². The highest BCUT2D eigenvalue weighted by Crippen LogP contribution is 2.24. The Morgan fingerprint density at radius 3 is 2.68 bits per heavy atom. The summed E-state index contributed by atoms with van der Waals surface area (Å²) in [7, 11) is 1.49. The van der Waals surface area contributed by atoms with Crippen molar-refractivity contribution in [1.82, 2.24) is 19.7 Å². The summed E-state index contributed by atoms with van der Waals surface area (Å²) in [6.45, 7) is 0. The predicted octanol–water partition coefficient (Wildman–Crippen LogP) is 0.656. The molecule has 0 spiro atoms. The SMILES string of the molecule is CN(OS(=O)[O-])c1cccc(-c2ccc(-n3nc(N)nc3N)cn2)c1. The van der Waals surface area contributed by atoms with E-state index in [0.29, 0.717) is 17.1 Å². The molecule has 11 heteroatoms. The van der Waals surface area contributed by atoms with Crippen molar-refractivity contribution < 1.29 is 13.0 Å². The first kappa shape index (κ1) is 16.8. The van der Waals surface area contributed by atoms with Crippen LogP contribution in [0.5, 0.6) is 0 Å². The largest absolute Gasteiger partial charge is 0.748 e. The Morgan fingerprint density at radius 2 is 2.08 bits per heavy atom. The Labute approximate surface area is 145 Å². The lowest BCUT2D eigenvalue weighted by Crippen LogP contribution is -2.18. The second-order valence-electron chi connectivity index (χ2n) is 4.97. The average molecular weight is 360 g/mol. The number of aromatic nitrogens is 4. The van der Waals surface area contributed by atoms with Crippen molar-refractivity contribution in [2.24, 2.45) is 0 Å². The molecule has 0 aliphatic heterocycles. The summed E-state index contributed by atoms with van der Waals surface area (Å²) in [4.78, 5) is 8.20. The van der Waals surface area contributed by atoms with Crippen LogP contribution in [0.15, 0.2) is 42.6 Å². The molecule has 3 aromatic rings. The van der Waals surface area contributed by atoms with Crippen LogP contribution < -0.4 is 16.5 Å². The number of nitrogens with two attached hydrogens (primary N) is 2. The molecular weight excluding hydrogens is 346 g/mol. The average Bonchev–Trinajstić information content (AvgIpc) is 2.93. The van der Waals surface area contributed by atoms with Crippen LogP contribution in [0.3, 0.4) is 0 Å². The van der Waals surface area contributed by atoms with Crippen molar-refractivity contribution in [3.63, 3.8) is 0 Å². The minimum absolute atomic E-state index is 0.0769. The van der Waals surface area contributed by atoms with Crippen LogP contribution in [-0.4, -0.2) is 35.6 Å². The number of hydroxylamine groups is 1. The van der Waals surface area contributed by atoms with Crippen LogP contribution in [0.4, 0.5) is 17.6 Å². The summed E-state index contributed by atoms with van der Waals surface area (Å²) in [6.07, 6.45) is 1.58. The highest BCUT2D eigenvalue weighted by Gasteiger charge is 2.09. The Hall–Kier alpha value is -3.02. The third kappa shape index (κ3) is 3.74. The lowest BCUT2D eigenvalue weighted by Gasteiger charge is -2.19. The summed E-state index contributed by atoms with van der Waals surface area (Å²) >= 11 is -2.65. The summed E-state index contributed by atoms with van der Waals surface area (Å²) < 4.78 is 27.2. The minimum Gasteiger partial charge on any atom is -0.748 e. The van der Waals surface area contributed by atoms with Gasteiger partial charge in [-0.25, -0.2) is 9.27 Å². The number of pyridine rings is 1. The standard InChI is InChI=1S/C14H15N7O3S/c1-20(24-25(22)23)10-4-2-3-9(7-10)12-6-5-11(8-17-12)21-14(16)18-13(15)19-21/h2-8H,1H3,(H,22,23)(H4,15,16,18,19)/p-1. The minimum atomic E-state index is -2.65. The normalized spacial score (nSPS) is 12.1. The van der Waals surface area contributed by atoms with Gasteiger partial charge < -0.3 is 16.0 Å². The molecule has 0 amide bonds. The Morgan fingerprint density at radius 1 is 1.28 bits per heavy atom. The van der Waals surface area contributed by atoms with Crippen LogP contribution in [0.25, 0.3) is 16.9 Å². The fraction of sp³-hybridized carbons (Fsp3) is 0.0714. The second-order valence-corrected chi connectivity index (χ2v) is 5.53. The van der Waals surface area contributed by atoms with Crippen molar-refractivity contribution in [1.29, 1.82) is 0 Å². The predicted molar refractivity (Wildman–Crippen MR) is 91.8 cm³/mol. The van der Waals surface area contributed by atoms with Crippen molar-refractivity contribution in [3.05, 3.63) is 42.6 Å². The van der Waals surface area contributed by atoms with E-state index in [4.69, 9.17) is 11.5 Å². The van der Waals surface area contributed by atoms with E-state index in [2.05, 4.69) is 19.4 Å². The van der Waals surface area contributed by atoms with Gasteiger partial charge in [0.25, 0.3) is 0 Å². The molecule has 2 heterocycles. The van der Waals surface area contributed by atoms with Crippen molar-refractivity contribution in [2.75, 3.05) is 23.6 Å². The molecule has 0 radical (unpaired) electrons. The zero-order chi connectivity index (χ0) is 18.0. The zero-order valence-corrected chi connectivity index (χ0v) is 13.9. The fourth-order valence-electron chi connectivity index (χ4n) is 2.21. The molecule has 3 rings (SSSR count). The molecule has 0 bridgehead atoms. The molecule has 1 unspecified atom stereocenters. The Kier molecular flexibility index (Phi) is 4.61. The quantitative estimate of drug-likeness (QED) is 0.494. The van der Waals surface area contributed by atoms with Gasteiger partial charge in [0.05, 0.1) is 23.3 Å². The van der Waals surface area contributed by atoms with E-state index in [1.165, 1.54) is 11.7 Å². The molecular formula is C14H14N7O3S-. The third-order valence-electron chi connectivity index (χ3n) is 3.32. The molecule has 1 aromatic carbocycles. The number of hydrogen-bond acceptors (Lipinski definition) is 9. The maximum atomic E-state index is 10.6. The zero-order valence-electron chi connectivity index (χ0n) is 13.1. The van der Waals surface area contributed by atoms with E-state index >= 15 is 0 Å². The highest BCUT2D eigenvalue weighted by molar-refractivity contribution is 7.74. The van der Waals surface area contributed by atoms with Crippen LogP contribution >= 0.6 is 0 Å². The first-order chi connectivity index (χ1) is 11.9. The van der Waals surface area contributed by atoms with Gasteiger partial charge in [-0.1, -0.05) is 12.1 Å². The number of rotatable bonds is 5. The summed E-state index contributed by atoms with van der Waals surface area (Å²) in [5.74, 6) is 0.242. The summed E-state index contributed by atoms with van der Waals surface area (Å²) in [5, 5.41) is 5.12. The number of hydrogen-bond donors (Lipinski definition) is 2. The number of nitrogen functional groups attached to an aromatic ring is 2. The van der Waals surface area contributed by atoms with E-state index in [9.17, 15) is 8.76 Å². The van der Waals surface area contributed by atoms with E-state index in [1.807, 2.05) is 6.07 Å².